The number of phenols is 1. The molecule has 0 bridgehead atoms. The molecule has 0 spiro atoms. The SMILES string of the molecule is Cc1ccc(O)c(-c2cc(-c3ccc(OC(C)C)cc3)cc(NCC3CCCO3)n2)c1. The fourth-order valence-electron chi connectivity index (χ4n) is 3.80. The van der Waals surface area contributed by atoms with E-state index in [0.29, 0.717) is 0 Å². The summed E-state index contributed by atoms with van der Waals surface area (Å²) in [6.45, 7) is 7.59. The molecule has 1 saturated heterocycles. The Morgan fingerprint density at radius 1 is 1.10 bits per heavy atom. The van der Waals surface area contributed by atoms with Crippen LogP contribution in [0.25, 0.3) is 22.4 Å². The third kappa shape index (κ3) is 5.36. The van der Waals surface area contributed by atoms with Crippen molar-refractivity contribution in [3.05, 3.63) is 60.2 Å². The zero-order valence-corrected chi connectivity index (χ0v) is 18.4. The summed E-state index contributed by atoms with van der Waals surface area (Å²) in [5.74, 6) is 1.84. The molecule has 3 aromatic rings. The number of benzene rings is 2. The minimum atomic E-state index is 0.135. The van der Waals surface area contributed by atoms with Crippen LogP contribution in [0.2, 0.25) is 0 Å². The van der Waals surface area contributed by atoms with Crippen LogP contribution in [0.1, 0.15) is 32.3 Å². The molecule has 0 aliphatic carbocycles. The van der Waals surface area contributed by atoms with Crippen LogP contribution in [0.15, 0.2) is 54.6 Å². The molecule has 4 rings (SSSR count). The average Bonchev–Trinajstić information content (AvgIpc) is 3.28. The molecule has 2 aromatic carbocycles. The molecule has 5 nitrogen and oxygen atoms in total. The maximum Gasteiger partial charge on any atom is 0.127 e. The van der Waals surface area contributed by atoms with E-state index in [2.05, 4.69) is 17.4 Å². The topological polar surface area (TPSA) is 63.6 Å². The number of hydrogen-bond donors (Lipinski definition) is 2. The molecule has 31 heavy (non-hydrogen) atoms. The van der Waals surface area contributed by atoms with E-state index in [-0.39, 0.29) is 18.0 Å². The van der Waals surface area contributed by atoms with Gasteiger partial charge < -0.3 is 19.9 Å². The summed E-state index contributed by atoms with van der Waals surface area (Å²) in [6, 6.07) is 17.7. The number of rotatable bonds is 7. The predicted octanol–water partition coefficient (Wildman–Crippen LogP) is 5.81. The molecular weight excluding hydrogens is 388 g/mol. The number of aryl methyl sites for hydroxylation is 1. The van der Waals surface area contributed by atoms with Crippen molar-refractivity contribution in [3.63, 3.8) is 0 Å². The van der Waals surface area contributed by atoms with Crippen molar-refractivity contribution in [2.24, 2.45) is 0 Å². The molecule has 2 N–H and O–H groups in total. The highest BCUT2D eigenvalue weighted by molar-refractivity contribution is 5.76. The molecule has 1 aliphatic rings. The van der Waals surface area contributed by atoms with E-state index in [0.717, 1.165) is 65.5 Å². The zero-order chi connectivity index (χ0) is 21.8. The third-order valence-electron chi connectivity index (χ3n) is 5.35. The number of aromatic hydroxyl groups is 1. The van der Waals surface area contributed by atoms with E-state index < -0.39 is 0 Å². The van der Waals surface area contributed by atoms with Crippen LogP contribution in [0.3, 0.4) is 0 Å². The van der Waals surface area contributed by atoms with Crippen LogP contribution in [0.5, 0.6) is 11.5 Å². The van der Waals surface area contributed by atoms with Crippen LogP contribution < -0.4 is 10.1 Å². The second-order valence-electron chi connectivity index (χ2n) is 8.35. The van der Waals surface area contributed by atoms with Crippen molar-refractivity contribution in [1.29, 1.82) is 0 Å². The Morgan fingerprint density at radius 3 is 2.61 bits per heavy atom. The Hall–Kier alpha value is -3.05. The smallest absolute Gasteiger partial charge is 0.127 e. The molecule has 5 heteroatoms. The first-order valence-electron chi connectivity index (χ1n) is 10.9. The van der Waals surface area contributed by atoms with E-state index in [1.165, 1.54) is 0 Å². The fourth-order valence-corrected chi connectivity index (χ4v) is 3.80. The minimum Gasteiger partial charge on any atom is -0.507 e. The maximum atomic E-state index is 10.5. The summed E-state index contributed by atoms with van der Waals surface area (Å²) in [4.78, 5) is 4.80. The number of nitrogens with one attached hydrogen (secondary N) is 1. The summed E-state index contributed by atoms with van der Waals surface area (Å²) in [5.41, 5.74) is 4.62. The lowest BCUT2D eigenvalue weighted by atomic mass is 10.0. The van der Waals surface area contributed by atoms with Gasteiger partial charge in [0.15, 0.2) is 0 Å². The number of hydrogen-bond acceptors (Lipinski definition) is 5. The number of phenolic OH excluding ortho intramolecular Hbond substituents is 1. The van der Waals surface area contributed by atoms with Gasteiger partial charge in [0.1, 0.15) is 17.3 Å². The predicted molar refractivity (Wildman–Crippen MR) is 125 cm³/mol. The van der Waals surface area contributed by atoms with Crippen LogP contribution >= 0.6 is 0 Å². The Morgan fingerprint density at radius 2 is 1.90 bits per heavy atom. The molecular formula is C26H30N2O3. The van der Waals surface area contributed by atoms with E-state index in [1.54, 1.807) is 6.07 Å². The van der Waals surface area contributed by atoms with Gasteiger partial charge in [0.2, 0.25) is 0 Å². The molecule has 1 fully saturated rings. The van der Waals surface area contributed by atoms with Crippen molar-refractivity contribution in [1.82, 2.24) is 4.98 Å². The van der Waals surface area contributed by atoms with Gasteiger partial charge in [-0.15, -0.1) is 0 Å². The summed E-state index contributed by atoms with van der Waals surface area (Å²) in [7, 11) is 0. The lowest BCUT2D eigenvalue weighted by Crippen LogP contribution is -2.19. The fraction of sp³-hybridized carbons (Fsp3) is 0.346. The number of pyridine rings is 1. The van der Waals surface area contributed by atoms with Gasteiger partial charge in [-0.25, -0.2) is 4.98 Å². The molecule has 0 amide bonds. The molecule has 2 heterocycles. The van der Waals surface area contributed by atoms with Gasteiger partial charge in [0.05, 0.1) is 17.9 Å². The van der Waals surface area contributed by atoms with Gasteiger partial charge in [-0.05, 0) is 81.1 Å². The van der Waals surface area contributed by atoms with Gasteiger partial charge >= 0.3 is 0 Å². The van der Waals surface area contributed by atoms with Crippen molar-refractivity contribution in [2.75, 3.05) is 18.5 Å². The zero-order valence-electron chi connectivity index (χ0n) is 18.4. The van der Waals surface area contributed by atoms with E-state index in [4.69, 9.17) is 14.5 Å². The van der Waals surface area contributed by atoms with Crippen LogP contribution in [0, 0.1) is 6.92 Å². The normalized spacial score (nSPS) is 15.9. The number of anilines is 1. The van der Waals surface area contributed by atoms with E-state index in [9.17, 15) is 5.11 Å². The first-order valence-corrected chi connectivity index (χ1v) is 10.9. The lowest BCUT2D eigenvalue weighted by Gasteiger charge is -2.15. The quantitative estimate of drug-likeness (QED) is 0.507. The third-order valence-corrected chi connectivity index (χ3v) is 5.35. The lowest BCUT2D eigenvalue weighted by molar-refractivity contribution is 0.120. The maximum absolute atomic E-state index is 10.5. The highest BCUT2D eigenvalue weighted by atomic mass is 16.5. The van der Waals surface area contributed by atoms with Gasteiger partial charge in [-0.3, -0.25) is 0 Å². The molecule has 1 aromatic heterocycles. The molecule has 0 radical (unpaired) electrons. The van der Waals surface area contributed by atoms with Crippen molar-refractivity contribution in [3.8, 4) is 33.9 Å². The van der Waals surface area contributed by atoms with Crippen molar-refractivity contribution in [2.45, 2.75) is 45.8 Å². The van der Waals surface area contributed by atoms with E-state index >= 15 is 0 Å². The summed E-state index contributed by atoms with van der Waals surface area (Å²) < 4.78 is 11.5. The van der Waals surface area contributed by atoms with E-state index in [1.807, 2.05) is 57.2 Å². The Labute approximate surface area is 184 Å². The number of aromatic nitrogens is 1. The van der Waals surface area contributed by atoms with Crippen LogP contribution in [-0.4, -0.2) is 35.5 Å². The first-order chi connectivity index (χ1) is 15.0. The molecule has 1 aliphatic heterocycles. The summed E-state index contributed by atoms with van der Waals surface area (Å²) in [6.07, 6.45) is 2.52. The Balaban J connectivity index is 1.69. The highest BCUT2D eigenvalue weighted by Gasteiger charge is 2.16. The van der Waals surface area contributed by atoms with Gasteiger partial charge in [-0.1, -0.05) is 23.8 Å². The second kappa shape index (κ2) is 9.40. The summed E-state index contributed by atoms with van der Waals surface area (Å²) in [5, 5.41) is 13.9. The second-order valence-corrected chi connectivity index (χ2v) is 8.35. The molecule has 1 unspecified atom stereocenters. The number of nitrogens with zero attached hydrogens (tertiary/aromatic N) is 1. The van der Waals surface area contributed by atoms with Gasteiger partial charge in [0, 0.05) is 18.7 Å². The van der Waals surface area contributed by atoms with Crippen LogP contribution in [-0.2, 0) is 4.74 Å². The first kappa shape index (κ1) is 21.2. The average molecular weight is 419 g/mol. The number of ether oxygens (including phenoxy) is 2. The molecule has 1 atom stereocenters. The van der Waals surface area contributed by atoms with Crippen molar-refractivity contribution >= 4 is 5.82 Å². The van der Waals surface area contributed by atoms with Crippen molar-refractivity contribution < 1.29 is 14.6 Å². The Kier molecular flexibility index (Phi) is 6.42. The Bertz CT molecular complexity index is 1030. The largest absolute Gasteiger partial charge is 0.507 e. The van der Waals surface area contributed by atoms with Gasteiger partial charge in [-0.2, -0.15) is 0 Å². The minimum absolute atomic E-state index is 0.135. The monoisotopic (exact) mass is 418 g/mol. The van der Waals surface area contributed by atoms with Crippen LogP contribution in [0.4, 0.5) is 5.82 Å². The molecule has 0 saturated carbocycles. The highest BCUT2D eigenvalue weighted by Crippen LogP contribution is 2.34. The summed E-state index contributed by atoms with van der Waals surface area (Å²) >= 11 is 0. The van der Waals surface area contributed by atoms with Gasteiger partial charge in [0.25, 0.3) is 0 Å². The standard InChI is InChI=1S/C26H30N2O3/c1-17(2)31-21-9-7-19(8-10-21)20-14-24(23-13-18(3)6-11-25(23)29)28-26(15-20)27-16-22-5-4-12-30-22/h6-11,13-15,17,22,29H,4-5,12,16H2,1-3H3,(H,27,28). The molecule has 162 valence electrons.